The first-order valence-corrected chi connectivity index (χ1v) is 10.6. The van der Waals surface area contributed by atoms with Gasteiger partial charge in [0.05, 0.1) is 24.1 Å². The molecule has 0 bridgehead atoms. The molecule has 2 aliphatic rings. The van der Waals surface area contributed by atoms with Gasteiger partial charge in [0.15, 0.2) is 0 Å². The van der Waals surface area contributed by atoms with E-state index in [2.05, 4.69) is 15.3 Å². The Kier molecular flexibility index (Phi) is 5.97. The fourth-order valence-electron chi connectivity index (χ4n) is 4.44. The molecule has 158 valence electrons. The zero-order valence-corrected chi connectivity index (χ0v) is 17.6. The second-order valence-corrected chi connectivity index (χ2v) is 8.13. The fraction of sp³-hybridized carbons (Fsp3) is 0.478. The maximum atomic E-state index is 12.7. The minimum Gasteiger partial charge on any atom is -0.495 e. The standard InChI is InChI=1S/C23H28N4O3/c1-15-18(22(28)26-19-9-5-6-10-20(19)30-2)13-24-21(25-15)17-11-12-27(14-17)23(29)16-7-3-4-8-16/h5-6,9-10,13,16-17H,3-4,7-8,11-12,14H2,1-2H3,(H,26,28)/t17-/m1/s1. The molecule has 2 amide bonds. The van der Waals surface area contributed by atoms with Gasteiger partial charge in [0, 0.05) is 31.1 Å². The van der Waals surface area contributed by atoms with Crippen molar-refractivity contribution in [2.45, 2.75) is 44.9 Å². The molecule has 1 aromatic carbocycles. The second-order valence-electron chi connectivity index (χ2n) is 8.13. The van der Waals surface area contributed by atoms with E-state index >= 15 is 0 Å². The molecule has 1 aromatic heterocycles. The molecule has 1 N–H and O–H groups in total. The van der Waals surface area contributed by atoms with Gasteiger partial charge in [-0.15, -0.1) is 0 Å². The summed E-state index contributed by atoms with van der Waals surface area (Å²) in [4.78, 5) is 36.5. The van der Waals surface area contributed by atoms with Gasteiger partial charge in [0.25, 0.3) is 5.91 Å². The van der Waals surface area contributed by atoms with Crippen LogP contribution in [0.25, 0.3) is 0 Å². The Morgan fingerprint density at radius 3 is 2.67 bits per heavy atom. The lowest BCUT2D eigenvalue weighted by molar-refractivity contribution is -0.134. The minimum absolute atomic E-state index is 0.125. The summed E-state index contributed by atoms with van der Waals surface area (Å²) in [5, 5.41) is 2.86. The zero-order chi connectivity index (χ0) is 21.1. The van der Waals surface area contributed by atoms with Crippen LogP contribution in [0.3, 0.4) is 0 Å². The molecular weight excluding hydrogens is 380 g/mol. The number of carbonyl (C=O) groups is 2. The highest BCUT2D eigenvalue weighted by Crippen LogP contribution is 2.31. The van der Waals surface area contributed by atoms with E-state index in [4.69, 9.17) is 4.74 Å². The van der Waals surface area contributed by atoms with Crippen molar-refractivity contribution in [3.63, 3.8) is 0 Å². The summed E-state index contributed by atoms with van der Waals surface area (Å²) in [6.07, 6.45) is 6.81. The van der Waals surface area contributed by atoms with Crippen LogP contribution >= 0.6 is 0 Å². The number of likely N-dealkylation sites (tertiary alicyclic amines) is 1. The van der Waals surface area contributed by atoms with Gasteiger partial charge in [-0.1, -0.05) is 25.0 Å². The molecule has 1 saturated heterocycles. The number of rotatable bonds is 5. The van der Waals surface area contributed by atoms with E-state index in [0.717, 1.165) is 38.6 Å². The SMILES string of the molecule is COc1ccccc1NC(=O)c1cnc([C@@H]2CCN(C(=O)C3CCCC3)C2)nc1C. The van der Waals surface area contributed by atoms with E-state index in [-0.39, 0.29) is 17.7 Å². The number of amides is 2. The van der Waals surface area contributed by atoms with Gasteiger partial charge in [-0.2, -0.15) is 0 Å². The molecule has 30 heavy (non-hydrogen) atoms. The first-order valence-electron chi connectivity index (χ1n) is 10.6. The van der Waals surface area contributed by atoms with Crippen molar-refractivity contribution in [3.05, 3.63) is 47.5 Å². The number of ether oxygens (including phenoxy) is 1. The van der Waals surface area contributed by atoms with Crippen LogP contribution in [0.1, 0.15) is 59.9 Å². The Morgan fingerprint density at radius 1 is 1.17 bits per heavy atom. The summed E-state index contributed by atoms with van der Waals surface area (Å²) in [5.74, 6) is 1.66. The number of nitrogens with one attached hydrogen (secondary N) is 1. The predicted octanol–water partition coefficient (Wildman–Crippen LogP) is 3.55. The van der Waals surface area contributed by atoms with E-state index in [1.807, 2.05) is 24.0 Å². The number of hydrogen-bond donors (Lipinski definition) is 1. The maximum Gasteiger partial charge on any atom is 0.259 e. The average molecular weight is 409 g/mol. The Bertz CT molecular complexity index is 940. The molecule has 1 aliphatic carbocycles. The highest BCUT2D eigenvalue weighted by Gasteiger charge is 2.34. The maximum absolute atomic E-state index is 12.7. The molecule has 2 heterocycles. The van der Waals surface area contributed by atoms with Crippen LogP contribution in [0.5, 0.6) is 5.75 Å². The lowest BCUT2D eigenvalue weighted by atomic mass is 10.1. The second kappa shape index (κ2) is 8.81. The largest absolute Gasteiger partial charge is 0.495 e. The number of aromatic nitrogens is 2. The Balaban J connectivity index is 1.43. The van der Waals surface area contributed by atoms with Gasteiger partial charge in [-0.3, -0.25) is 9.59 Å². The smallest absolute Gasteiger partial charge is 0.259 e. The van der Waals surface area contributed by atoms with Crippen molar-refractivity contribution in [1.29, 1.82) is 0 Å². The van der Waals surface area contributed by atoms with Crippen molar-refractivity contribution < 1.29 is 14.3 Å². The summed E-state index contributed by atoms with van der Waals surface area (Å²) in [7, 11) is 1.57. The molecule has 0 unspecified atom stereocenters. The predicted molar refractivity (Wildman–Crippen MR) is 114 cm³/mol. The quantitative estimate of drug-likeness (QED) is 0.818. The number of para-hydroxylation sites is 2. The van der Waals surface area contributed by atoms with E-state index < -0.39 is 0 Å². The van der Waals surface area contributed by atoms with Crippen molar-refractivity contribution in [3.8, 4) is 5.75 Å². The van der Waals surface area contributed by atoms with Gasteiger partial charge in [0.1, 0.15) is 11.6 Å². The number of aryl methyl sites for hydroxylation is 1. The Morgan fingerprint density at radius 2 is 1.93 bits per heavy atom. The molecule has 2 fully saturated rings. The summed E-state index contributed by atoms with van der Waals surface area (Å²) in [6.45, 7) is 3.25. The first kappa shape index (κ1) is 20.3. The Labute approximate surface area is 176 Å². The van der Waals surface area contributed by atoms with Crippen molar-refractivity contribution in [1.82, 2.24) is 14.9 Å². The minimum atomic E-state index is -0.270. The van der Waals surface area contributed by atoms with E-state index in [0.29, 0.717) is 41.0 Å². The number of carbonyl (C=O) groups excluding carboxylic acids is 2. The molecule has 4 rings (SSSR count). The van der Waals surface area contributed by atoms with Crippen LogP contribution in [-0.4, -0.2) is 46.9 Å². The summed E-state index contributed by atoms with van der Waals surface area (Å²) < 4.78 is 5.29. The van der Waals surface area contributed by atoms with Crippen LogP contribution < -0.4 is 10.1 Å². The van der Waals surface area contributed by atoms with Gasteiger partial charge < -0.3 is 15.0 Å². The molecule has 0 spiro atoms. The van der Waals surface area contributed by atoms with Crippen LogP contribution in [0.2, 0.25) is 0 Å². The zero-order valence-electron chi connectivity index (χ0n) is 17.6. The molecule has 7 heteroatoms. The number of hydrogen-bond acceptors (Lipinski definition) is 5. The number of benzene rings is 1. The van der Waals surface area contributed by atoms with E-state index in [1.165, 1.54) is 0 Å². The summed E-state index contributed by atoms with van der Waals surface area (Å²) >= 11 is 0. The van der Waals surface area contributed by atoms with Crippen LogP contribution in [0.15, 0.2) is 30.5 Å². The van der Waals surface area contributed by atoms with Gasteiger partial charge in [0.2, 0.25) is 5.91 Å². The highest BCUT2D eigenvalue weighted by molar-refractivity contribution is 6.05. The molecule has 7 nitrogen and oxygen atoms in total. The van der Waals surface area contributed by atoms with Gasteiger partial charge in [-0.05, 0) is 38.3 Å². The molecule has 0 radical (unpaired) electrons. The first-order chi connectivity index (χ1) is 14.6. The van der Waals surface area contributed by atoms with E-state index in [1.54, 1.807) is 25.4 Å². The van der Waals surface area contributed by atoms with Gasteiger partial charge in [-0.25, -0.2) is 9.97 Å². The highest BCUT2D eigenvalue weighted by atomic mass is 16.5. The van der Waals surface area contributed by atoms with Crippen LogP contribution in [0.4, 0.5) is 5.69 Å². The number of nitrogens with zero attached hydrogens (tertiary/aromatic N) is 3. The molecular formula is C23H28N4O3. The third kappa shape index (κ3) is 4.15. The Hall–Kier alpha value is -2.96. The summed E-state index contributed by atoms with van der Waals surface area (Å²) in [5.41, 5.74) is 1.67. The molecule has 2 aromatic rings. The normalized spacial score (nSPS) is 19.1. The molecule has 1 saturated carbocycles. The lowest BCUT2D eigenvalue weighted by Gasteiger charge is -2.20. The average Bonchev–Trinajstić information content (AvgIpc) is 3.46. The molecule has 1 aliphatic heterocycles. The van der Waals surface area contributed by atoms with Crippen molar-refractivity contribution >= 4 is 17.5 Å². The van der Waals surface area contributed by atoms with Crippen LogP contribution in [0, 0.1) is 12.8 Å². The topological polar surface area (TPSA) is 84.4 Å². The van der Waals surface area contributed by atoms with Crippen LogP contribution in [-0.2, 0) is 4.79 Å². The van der Waals surface area contributed by atoms with Gasteiger partial charge >= 0.3 is 0 Å². The fourth-order valence-corrected chi connectivity index (χ4v) is 4.44. The van der Waals surface area contributed by atoms with Crippen molar-refractivity contribution in [2.75, 3.05) is 25.5 Å². The molecule has 1 atom stereocenters. The van der Waals surface area contributed by atoms with E-state index in [9.17, 15) is 9.59 Å². The third-order valence-electron chi connectivity index (χ3n) is 6.17. The number of anilines is 1. The summed E-state index contributed by atoms with van der Waals surface area (Å²) in [6, 6.07) is 7.26. The monoisotopic (exact) mass is 408 g/mol. The lowest BCUT2D eigenvalue weighted by Crippen LogP contribution is -2.33. The third-order valence-corrected chi connectivity index (χ3v) is 6.17. The number of methoxy groups -OCH3 is 1. The van der Waals surface area contributed by atoms with Crippen molar-refractivity contribution in [2.24, 2.45) is 5.92 Å².